The van der Waals surface area contributed by atoms with E-state index < -0.39 is 8.24 Å². The fourth-order valence-electron chi connectivity index (χ4n) is 10.6. The van der Waals surface area contributed by atoms with Crippen LogP contribution < -0.4 is 0 Å². The van der Waals surface area contributed by atoms with Crippen LogP contribution in [-0.4, -0.2) is 24.4 Å². The summed E-state index contributed by atoms with van der Waals surface area (Å²) in [6.07, 6.45) is 18.1. The summed E-state index contributed by atoms with van der Waals surface area (Å²) in [4.78, 5) is 0. The van der Waals surface area contributed by atoms with Gasteiger partial charge in [0.15, 0.2) is 0 Å². The number of allylic oxidation sites excluding steroid dienone is 4. The van der Waals surface area contributed by atoms with E-state index in [1.165, 1.54) is 57.8 Å². The van der Waals surface area contributed by atoms with Gasteiger partial charge in [0.1, 0.15) is 8.24 Å². The third-order valence-corrected chi connectivity index (χ3v) is 17.4. The summed E-state index contributed by atoms with van der Waals surface area (Å²) >= 11 is 0. The third-order valence-electron chi connectivity index (χ3n) is 12.6. The van der Waals surface area contributed by atoms with E-state index in [1.54, 1.807) is 33.4 Å². The lowest BCUT2D eigenvalue weighted by atomic mass is 9.62. The van der Waals surface area contributed by atoms with Crippen molar-refractivity contribution in [3.63, 3.8) is 0 Å². The molecule has 2 saturated carbocycles. The summed E-state index contributed by atoms with van der Waals surface area (Å²) in [5.41, 5.74) is 11.4. The van der Waals surface area contributed by atoms with Gasteiger partial charge in [-0.3, -0.25) is 0 Å². The van der Waals surface area contributed by atoms with Crippen LogP contribution in [0.5, 0.6) is 0 Å². The summed E-state index contributed by atoms with van der Waals surface area (Å²) < 4.78 is 3.14. The van der Waals surface area contributed by atoms with Crippen molar-refractivity contribution in [1.82, 2.24) is 4.57 Å². The molecule has 0 N–H and O–H groups in total. The van der Waals surface area contributed by atoms with Crippen LogP contribution in [0.15, 0.2) is 29.9 Å². The molecule has 0 amide bonds. The van der Waals surface area contributed by atoms with Crippen LogP contribution in [0.2, 0.25) is 18.6 Å². The Labute approximate surface area is 248 Å². The molecule has 3 unspecified atom stereocenters. The molecule has 40 heavy (non-hydrogen) atoms. The Kier molecular flexibility index (Phi) is 6.65. The molecule has 0 saturated heterocycles. The van der Waals surface area contributed by atoms with E-state index in [1.807, 2.05) is 0 Å². The van der Waals surface area contributed by atoms with Crippen molar-refractivity contribution in [2.24, 2.45) is 11.8 Å². The largest absolute Gasteiger partial charge is 0.316 e. The molecule has 0 aromatic heterocycles. The van der Waals surface area contributed by atoms with Crippen LogP contribution >= 0.6 is 0 Å². The quantitative estimate of drug-likeness (QED) is 0.334. The number of nitrogens with zero attached hydrogens (tertiary/aromatic N) is 1. The average Bonchev–Trinajstić information content (AvgIpc) is 3.37. The van der Waals surface area contributed by atoms with Crippen LogP contribution in [0.25, 0.3) is 5.57 Å². The van der Waals surface area contributed by atoms with Gasteiger partial charge in [0.25, 0.3) is 0 Å². The van der Waals surface area contributed by atoms with Crippen molar-refractivity contribution in [2.45, 2.75) is 167 Å². The van der Waals surface area contributed by atoms with Crippen molar-refractivity contribution in [3.8, 4) is 0 Å². The summed E-state index contributed by atoms with van der Waals surface area (Å²) in [5, 5.41) is 0. The zero-order valence-electron chi connectivity index (χ0n) is 27.9. The van der Waals surface area contributed by atoms with Crippen LogP contribution in [-0.2, 0) is 16.2 Å². The second-order valence-corrected chi connectivity index (χ2v) is 22.4. The van der Waals surface area contributed by atoms with Gasteiger partial charge in [-0.2, -0.15) is 0 Å². The highest BCUT2D eigenvalue weighted by Crippen LogP contribution is 2.61. The summed E-state index contributed by atoms with van der Waals surface area (Å²) in [6, 6.07) is 6.14. The number of benzene rings is 1. The molecule has 220 valence electrons. The molecule has 0 heterocycles. The molecule has 0 radical (unpaired) electrons. The molecular weight excluding hydrogens is 499 g/mol. The van der Waals surface area contributed by atoms with Crippen molar-refractivity contribution < 1.29 is 0 Å². The van der Waals surface area contributed by atoms with Gasteiger partial charge in [-0.1, -0.05) is 105 Å². The predicted molar refractivity (Wildman–Crippen MR) is 177 cm³/mol. The third kappa shape index (κ3) is 4.32. The van der Waals surface area contributed by atoms with Gasteiger partial charge in [-0.25, -0.2) is 0 Å². The minimum absolute atomic E-state index is 0.101. The summed E-state index contributed by atoms with van der Waals surface area (Å²) in [7, 11) is -1.71. The average molecular weight is 558 g/mol. The highest BCUT2D eigenvalue weighted by atomic mass is 28.3. The van der Waals surface area contributed by atoms with Gasteiger partial charge in [-0.15, -0.1) is 0 Å². The molecule has 5 aliphatic carbocycles. The molecule has 2 heteroatoms. The Morgan fingerprint density at radius 3 is 1.95 bits per heavy atom. The maximum Gasteiger partial charge on any atom is 0.126 e. The normalized spacial score (nSPS) is 30.8. The SMILES string of the molecule is CC1(C)CCC(C)(C)c2cc3c(cc21)C1=CC2C(C=C1C3(C)C)CCC2[Si](C)(C)N(C1CCCCC1)C(C)(C)C. The van der Waals surface area contributed by atoms with Crippen LogP contribution in [0, 0.1) is 11.8 Å². The standard InChI is InChI=1S/C38H59NSi/c1-35(2,3)39(26-15-13-12-14-16-26)40(10,11)34-18-17-25-21-30-28(22-27(25)34)29-23-32-33(24-31(29)38(30,8)9)37(6,7)20-19-36(32,4)5/h21-27,34H,12-20H2,1-11H3. The lowest BCUT2D eigenvalue weighted by molar-refractivity contribution is 0.140. The Balaban J connectivity index is 1.43. The second kappa shape index (κ2) is 9.19. The smallest absolute Gasteiger partial charge is 0.126 e. The van der Waals surface area contributed by atoms with Gasteiger partial charge in [0.2, 0.25) is 0 Å². The Morgan fingerprint density at radius 2 is 1.35 bits per heavy atom. The molecule has 1 aromatic carbocycles. The van der Waals surface area contributed by atoms with Crippen molar-refractivity contribution in [2.75, 3.05) is 0 Å². The van der Waals surface area contributed by atoms with Crippen LogP contribution in [0.1, 0.15) is 142 Å². The Morgan fingerprint density at radius 1 is 0.750 bits per heavy atom. The number of rotatable bonds is 3. The highest BCUT2D eigenvalue weighted by Gasteiger charge is 2.54. The predicted octanol–water partition coefficient (Wildman–Crippen LogP) is 10.7. The van der Waals surface area contributed by atoms with Crippen molar-refractivity contribution >= 4 is 13.8 Å². The van der Waals surface area contributed by atoms with Crippen LogP contribution in [0.3, 0.4) is 0 Å². The van der Waals surface area contributed by atoms with Crippen LogP contribution in [0.4, 0.5) is 0 Å². The zero-order valence-corrected chi connectivity index (χ0v) is 28.9. The molecule has 3 atom stereocenters. The molecular formula is C38H59NSi. The fraction of sp³-hybridized carbons (Fsp3) is 0.737. The second-order valence-electron chi connectivity index (χ2n) is 17.9. The molecule has 0 spiro atoms. The van der Waals surface area contributed by atoms with Gasteiger partial charge < -0.3 is 4.57 Å². The molecule has 1 nitrogen and oxygen atoms in total. The lowest BCUT2D eigenvalue weighted by Gasteiger charge is -2.55. The first-order valence-electron chi connectivity index (χ1n) is 16.9. The van der Waals surface area contributed by atoms with E-state index in [2.05, 4.69) is 104 Å². The van der Waals surface area contributed by atoms with E-state index >= 15 is 0 Å². The molecule has 0 bridgehead atoms. The topological polar surface area (TPSA) is 3.24 Å². The first kappa shape index (κ1) is 29.0. The minimum Gasteiger partial charge on any atom is -0.316 e. The zero-order chi connectivity index (χ0) is 29.0. The first-order valence-corrected chi connectivity index (χ1v) is 19.9. The van der Waals surface area contributed by atoms with Gasteiger partial charge in [0, 0.05) is 17.0 Å². The van der Waals surface area contributed by atoms with Gasteiger partial charge in [-0.05, 0) is 114 Å². The monoisotopic (exact) mass is 557 g/mol. The number of hydrogen-bond donors (Lipinski definition) is 0. The number of hydrogen-bond acceptors (Lipinski definition) is 1. The van der Waals surface area contributed by atoms with E-state index in [4.69, 9.17) is 0 Å². The molecule has 6 rings (SSSR count). The van der Waals surface area contributed by atoms with E-state index in [0.29, 0.717) is 5.92 Å². The maximum atomic E-state index is 3.14. The van der Waals surface area contributed by atoms with Gasteiger partial charge in [0.05, 0.1) is 0 Å². The maximum absolute atomic E-state index is 3.14. The minimum atomic E-state index is -1.71. The molecule has 1 aromatic rings. The summed E-state index contributed by atoms with van der Waals surface area (Å²) in [5.74, 6) is 1.43. The molecule has 2 fully saturated rings. The first-order chi connectivity index (χ1) is 18.5. The molecule has 5 aliphatic rings. The van der Waals surface area contributed by atoms with E-state index in [0.717, 1.165) is 17.5 Å². The van der Waals surface area contributed by atoms with Crippen molar-refractivity contribution in [3.05, 3.63) is 52.1 Å². The van der Waals surface area contributed by atoms with E-state index in [-0.39, 0.29) is 21.8 Å². The number of fused-ring (bicyclic) bond motifs is 5. The van der Waals surface area contributed by atoms with Crippen molar-refractivity contribution in [1.29, 1.82) is 0 Å². The summed E-state index contributed by atoms with van der Waals surface area (Å²) in [6.45, 7) is 28.0. The van der Waals surface area contributed by atoms with E-state index in [9.17, 15) is 0 Å². The Bertz CT molecular complexity index is 1240. The van der Waals surface area contributed by atoms with Gasteiger partial charge >= 0.3 is 0 Å². The Hall–Kier alpha value is -1.12. The molecule has 0 aliphatic heterocycles. The highest BCUT2D eigenvalue weighted by molar-refractivity contribution is 6.76. The lowest BCUT2D eigenvalue weighted by Crippen LogP contribution is -2.64. The fourth-order valence-corrected chi connectivity index (χ4v) is 16.0.